The largest absolute Gasteiger partial charge is 0.322 e. The average molecular weight is 480 g/mol. The maximum atomic E-state index is 12.7. The van der Waals surface area contributed by atoms with Crippen LogP contribution in [-0.4, -0.2) is 14.3 Å². The topological polar surface area (TPSA) is 75.3 Å². The fourth-order valence-corrected chi connectivity index (χ4v) is 4.14. The van der Waals surface area contributed by atoms with E-state index in [1.165, 1.54) is 12.1 Å². The number of hydrogen-bond donors (Lipinski definition) is 2. The van der Waals surface area contributed by atoms with Gasteiger partial charge in [-0.3, -0.25) is 9.52 Å². The molecule has 0 saturated carbocycles. The van der Waals surface area contributed by atoms with Crippen LogP contribution in [0.15, 0.2) is 76.1 Å². The predicted molar refractivity (Wildman–Crippen MR) is 116 cm³/mol. The van der Waals surface area contributed by atoms with Gasteiger partial charge < -0.3 is 5.32 Å². The van der Waals surface area contributed by atoms with Gasteiger partial charge in [-0.2, -0.15) is 0 Å². The molecule has 8 heteroatoms. The minimum Gasteiger partial charge on any atom is -0.322 e. The molecule has 28 heavy (non-hydrogen) atoms. The fraction of sp³-hybridized carbons (Fsp3) is 0.0500. The first-order valence-electron chi connectivity index (χ1n) is 8.22. The van der Waals surface area contributed by atoms with Crippen LogP contribution in [0, 0.1) is 6.92 Å². The van der Waals surface area contributed by atoms with Crippen LogP contribution in [0.5, 0.6) is 0 Å². The SMILES string of the molecule is Cc1c(NS(=O)(=O)c2ccccc2)cccc1C(=O)Nc1ccc(Br)c(Cl)c1. The summed E-state index contributed by atoms with van der Waals surface area (Å²) in [7, 11) is -3.75. The van der Waals surface area contributed by atoms with Gasteiger partial charge >= 0.3 is 0 Å². The van der Waals surface area contributed by atoms with Crippen molar-refractivity contribution in [1.29, 1.82) is 0 Å². The lowest BCUT2D eigenvalue weighted by Crippen LogP contribution is -2.17. The van der Waals surface area contributed by atoms with Crippen molar-refractivity contribution in [2.45, 2.75) is 11.8 Å². The highest BCUT2D eigenvalue weighted by Gasteiger charge is 2.18. The normalized spacial score (nSPS) is 11.1. The van der Waals surface area contributed by atoms with Gasteiger partial charge in [0.25, 0.3) is 15.9 Å². The number of carbonyl (C=O) groups excluding carboxylic acids is 1. The molecule has 5 nitrogen and oxygen atoms in total. The van der Waals surface area contributed by atoms with E-state index in [-0.39, 0.29) is 10.8 Å². The molecule has 0 saturated heterocycles. The van der Waals surface area contributed by atoms with Crippen LogP contribution >= 0.6 is 27.5 Å². The minimum absolute atomic E-state index is 0.147. The van der Waals surface area contributed by atoms with Gasteiger partial charge in [0.1, 0.15) is 0 Å². The second-order valence-corrected chi connectivity index (χ2v) is 8.92. The van der Waals surface area contributed by atoms with Crippen molar-refractivity contribution in [3.63, 3.8) is 0 Å². The highest BCUT2D eigenvalue weighted by molar-refractivity contribution is 9.10. The zero-order chi connectivity index (χ0) is 20.3. The second-order valence-electron chi connectivity index (χ2n) is 5.98. The van der Waals surface area contributed by atoms with Crippen LogP contribution in [0.3, 0.4) is 0 Å². The van der Waals surface area contributed by atoms with Gasteiger partial charge in [0, 0.05) is 15.7 Å². The van der Waals surface area contributed by atoms with Crippen molar-refractivity contribution in [2.75, 3.05) is 10.0 Å². The highest BCUT2D eigenvalue weighted by atomic mass is 79.9. The van der Waals surface area contributed by atoms with E-state index in [0.29, 0.717) is 27.5 Å². The van der Waals surface area contributed by atoms with E-state index in [0.717, 1.165) is 4.47 Å². The zero-order valence-electron chi connectivity index (χ0n) is 14.7. The molecule has 0 heterocycles. The van der Waals surface area contributed by atoms with Crippen LogP contribution in [0.25, 0.3) is 0 Å². The lowest BCUT2D eigenvalue weighted by Gasteiger charge is -2.14. The summed E-state index contributed by atoms with van der Waals surface area (Å²) >= 11 is 9.35. The Balaban J connectivity index is 1.86. The predicted octanol–water partition coefficient (Wildman–Crippen LogP) is 5.46. The Morgan fingerprint density at radius 2 is 1.71 bits per heavy atom. The summed E-state index contributed by atoms with van der Waals surface area (Å²) < 4.78 is 28.4. The van der Waals surface area contributed by atoms with Crippen LogP contribution < -0.4 is 10.0 Å². The first kappa shape index (κ1) is 20.4. The first-order chi connectivity index (χ1) is 13.3. The van der Waals surface area contributed by atoms with Gasteiger partial charge in [0.05, 0.1) is 15.6 Å². The van der Waals surface area contributed by atoms with Gasteiger partial charge in [0.2, 0.25) is 0 Å². The molecular weight excluding hydrogens is 464 g/mol. The molecule has 3 rings (SSSR count). The van der Waals surface area contributed by atoms with Crippen LogP contribution in [-0.2, 0) is 10.0 Å². The lowest BCUT2D eigenvalue weighted by molar-refractivity contribution is 0.102. The summed E-state index contributed by atoms with van der Waals surface area (Å²) in [6.07, 6.45) is 0. The maximum absolute atomic E-state index is 12.7. The fourth-order valence-electron chi connectivity index (χ4n) is 2.57. The molecule has 0 unspecified atom stereocenters. The number of amides is 1. The molecule has 0 atom stereocenters. The quantitative estimate of drug-likeness (QED) is 0.510. The van der Waals surface area contributed by atoms with E-state index in [9.17, 15) is 13.2 Å². The number of anilines is 2. The van der Waals surface area contributed by atoms with Crippen LogP contribution in [0.1, 0.15) is 15.9 Å². The molecule has 0 spiro atoms. The third-order valence-electron chi connectivity index (χ3n) is 4.05. The molecule has 3 aromatic rings. The maximum Gasteiger partial charge on any atom is 0.261 e. The van der Waals surface area contributed by atoms with Crippen molar-refractivity contribution in [3.05, 3.63) is 87.4 Å². The third-order valence-corrected chi connectivity index (χ3v) is 6.67. The van der Waals surface area contributed by atoms with Crippen molar-refractivity contribution in [2.24, 2.45) is 0 Å². The molecule has 0 aliphatic heterocycles. The summed E-state index contributed by atoms with van der Waals surface area (Å²) in [5, 5.41) is 3.24. The Labute approximate surface area is 176 Å². The Hall–Kier alpha value is -2.35. The lowest BCUT2D eigenvalue weighted by atomic mass is 10.1. The van der Waals surface area contributed by atoms with E-state index in [1.54, 1.807) is 61.5 Å². The van der Waals surface area contributed by atoms with Crippen molar-refractivity contribution < 1.29 is 13.2 Å². The minimum atomic E-state index is -3.75. The molecule has 2 N–H and O–H groups in total. The molecule has 0 aliphatic carbocycles. The standard InChI is InChI=1S/C20H16BrClN2O3S/c1-13-16(20(25)23-14-10-11-17(21)18(22)12-14)8-5-9-19(13)24-28(26,27)15-6-3-2-4-7-15/h2-12,24H,1H3,(H,23,25). The molecule has 144 valence electrons. The Kier molecular flexibility index (Phi) is 6.07. The van der Waals surface area contributed by atoms with Crippen molar-refractivity contribution >= 4 is 54.8 Å². The van der Waals surface area contributed by atoms with Crippen LogP contribution in [0.2, 0.25) is 5.02 Å². The number of carbonyl (C=O) groups is 1. The number of benzene rings is 3. The highest BCUT2D eigenvalue weighted by Crippen LogP contribution is 2.27. The zero-order valence-corrected chi connectivity index (χ0v) is 17.9. The van der Waals surface area contributed by atoms with E-state index >= 15 is 0 Å². The van der Waals surface area contributed by atoms with E-state index in [1.807, 2.05) is 0 Å². The van der Waals surface area contributed by atoms with Gasteiger partial charge in [-0.25, -0.2) is 8.42 Å². The Morgan fingerprint density at radius 3 is 2.39 bits per heavy atom. The number of hydrogen-bond acceptors (Lipinski definition) is 3. The van der Waals surface area contributed by atoms with E-state index in [4.69, 9.17) is 11.6 Å². The van der Waals surface area contributed by atoms with Gasteiger partial charge in [-0.15, -0.1) is 0 Å². The Bertz CT molecular complexity index is 1140. The summed E-state index contributed by atoms with van der Waals surface area (Å²) in [4.78, 5) is 12.8. The third kappa shape index (κ3) is 4.55. The van der Waals surface area contributed by atoms with Crippen molar-refractivity contribution in [3.8, 4) is 0 Å². The van der Waals surface area contributed by atoms with E-state index in [2.05, 4.69) is 26.0 Å². The molecule has 0 bridgehead atoms. The molecule has 0 radical (unpaired) electrons. The molecule has 0 aromatic heterocycles. The van der Waals surface area contributed by atoms with Gasteiger partial charge in [0.15, 0.2) is 0 Å². The van der Waals surface area contributed by atoms with Gasteiger partial charge in [-0.05, 0) is 70.9 Å². The summed E-state index contributed by atoms with van der Waals surface area (Å²) in [6, 6.07) is 18.0. The molecule has 0 fully saturated rings. The summed E-state index contributed by atoms with van der Waals surface area (Å²) in [5.74, 6) is -0.364. The summed E-state index contributed by atoms with van der Waals surface area (Å²) in [5.41, 5.74) is 1.74. The Morgan fingerprint density at radius 1 is 1.00 bits per heavy atom. The first-order valence-corrected chi connectivity index (χ1v) is 10.9. The van der Waals surface area contributed by atoms with Crippen LogP contribution in [0.4, 0.5) is 11.4 Å². The summed E-state index contributed by atoms with van der Waals surface area (Å²) in [6.45, 7) is 1.69. The van der Waals surface area contributed by atoms with E-state index < -0.39 is 10.0 Å². The number of rotatable bonds is 5. The molecule has 0 aliphatic rings. The van der Waals surface area contributed by atoms with Gasteiger partial charge in [-0.1, -0.05) is 35.9 Å². The number of nitrogens with one attached hydrogen (secondary N) is 2. The number of sulfonamides is 1. The molecular formula is C20H16BrClN2O3S. The smallest absolute Gasteiger partial charge is 0.261 e. The second kappa shape index (κ2) is 8.34. The monoisotopic (exact) mass is 478 g/mol. The molecule has 1 amide bonds. The number of halogens is 2. The molecule has 3 aromatic carbocycles. The van der Waals surface area contributed by atoms with Crippen molar-refractivity contribution in [1.82, 2.24) is 0 Å². The average Bonchev–Trinajstić information content (AvgIpc) is 2.67.